The molecule has 1 aromatic rings. The second-order valence-corrected chi connectivity index (χ2v) is 3.98. The Morgan fingerprint density at radius 1 is 1.38 bits per heavy atom. The Balaban J connectivity index is 2.25. The molecule has 0 amide bonds. The van der Waals surface area contributed by atoms with E-state index in [1.54, 1.807) is 6.20 Å². The number of hydrogen-bond acceptors (Lipinski definition) is 2. The maximum Gasteiger partial charge on any atom is 0.125 e. The molecule has 0 saturated carbocycles. The van der Waals surface area contributed by atoms with Crippen molar-refractivity contribution in [3.8, 4) is 0 Å². The average molecular weight is 264 g/mol. The van der Waals surface area contributed by atoms with Gasteiger partial charge in [0.25, 0.3) is 0 Å². The number of aromatic nitrogens is 1. The van der Waals surface area contributed by atoms with Crippen molar-refractivity contribution in [1.82, 2.24) is 4.98 Å². The van der Waals surface area contributed by atoms with Crippen LogP contribution in [0.1, 0.15) is 12.8 Å². The molecule has 0 spiro atoms. The summed E-state index contributed by atoms with van der Waals surface area (Å²) in [4.78, 5) is 4.18. The van der Waals surface area contributed by atoms with E-state index < -0.39 is 0 Å². The number of alkyl halides is 1. The summed E-state index contributed by atoms with van der Waals surface area (Å²) in [5.41, 5.74) is 0. The van der Waals surface area contributed by atoms with Crippen molar-refractivity contribution in [2.75, 3.05) is 17.7 Å². The van der Waals surface area contributed by atoms with Crippen LogP contribution in [0.4, 0.5) is 5.82 Å². The van der Waals surface area contributed by atoms with Gasteiger partial charge in [0.05, 0.1) is 0 Å². The first kappa shape index (κ1) is 10.8. The van der Waals surface area contributed by atoms with Crippen LogP contribution in [0.2, 0.25) is 0 Å². The van der Waals surface area contributed by atoms with Crippen LogP contribution in [0, 0.1) is 0 Å². The van der Waals surface area contributed by atoms with Crippen LogP contribution in [-0.2, 0) is 0 Å². The molecule has 0 saturated heterocycles. The predicted octanol–water partition coefficient (Wildman–Crippen LogP) is 3.28. The maximum atomic E-state index is 5.55. The zero-order chi connectivity index (χ0) is 9.52. The Morgan fingerprint density at radius 3 is 2.85 bits per heavy atom. The van der Waals surface area contributed by atoms with Gasteiger partial charge in [-0.05, 0) is 40.9 Å². The molecule has 72 valence electrons. The standard InChI is InChI=1S/C9H12BrClN2/c10-8-3-4-9(13-7-8)12-6-2-1-5-11/h3-4,7H,1-2,5-6H2,(H,12,13). The smallest absolute Gasteiger partial charge is 0.125 e. The normalized spacial score (nSPS) is 10.0. The molecule has 0 bridgehead atoms. The number of unbranched alkanes of at least 4 members (excludes halogenated alkanes) is 1. The highest BCUT2D eigenvalue weighted by Gasteiger charge is 1.92. The van der Waals surface area contributed by atoms with Crippen molar-refractivity contribution in [1.29, 1.82) is 0 Å². The number of hydrogen-bond donors (Lipinski definition) is 1. The molecule has 0 fully saturated rings. The van der Waals surface area contributed by atoms with Gasteiger partial charge in [-0.1, -0.05) is 0 Å². The van der Waals surface area contributed by atoms with E-state index in [4.69, 9.17) is 11.6 Å². The zero-order valence-corrected chi connectivity index (χ0v) is 9.61. The third-order valence-corrected chi connectivity index (χ3v) is 2.33. The lowest BCUT2D eigenvalue weighted by Gasteiger charge is -2.03. The number of nitrogens with zero attached hydrogens (tertiary/aromatic N) is 1. The average Bonchev–Trinajstić information content (AvgIpc) is 2.15. The van der Waals surface area contributed by atoms with Gasteiger partial charge < -0.3 is 5.32 Å². The Morgan fingerprint density at radius 2 is 2.23 bits per heavy atom. The molecule has 1 heterocycles. The van der Waals surface area contributed by atoms with Crippen LogP contribution in [0.25, 0.3) is 0 Å². The maximum absolute atomic E-state index is 5.55. The molecule has 0 aliphatic carbocycles. The molecule has 13 heavy (non-hydrogen) atoms. The van der Waals surface area contributed by atoms with Crippen LogP contribution in [0.3, 0.4) is 0 Å². The molecule has 0 aromatic carbocycles. The molecular formula is C9H12BrClN2. The summed E-state index contributed by atoms with van der Waals surface area (Å²) in [6.45, 7) is 0.932. The summed E-state index contributed by atoms with van der Waals surface area (Å²) in [5.74, 6) is 1.65. The van der Waals surface area contributed by atoms with E-state index in [1.807, 2.05) is 12.1 Å². The van der Waals surface area contributed by atoms with E-state index in [0.717, 1.165) is 35.6 Å². The lowest BCUT2D eigenvalue weighted by molar-refractivity contribution is 0.836. The second kappa shape index (κ2) is 6.22. The lowest BCUT2D eigenvalue weighted by Crippen LogP contribution is -2.02. The van der Waals surface area contributed by atoms with Gasteiger partial charge in [-0.3, -0.25) is 0 Å². The third-order valence-electron chi connectivity index (χ3n) is 1.59. The molecule has 0 unspecified atom stereocenters. The van der Waals surface area contributed by atoms with E-state index in [0.29, 0.717) is 0 Å². The van der Waals surface area contributed by atoms with Crippen molar-refractivity contribution in [2.45, 2.75) is 12.8 Å². The molecule has 0 radical (unpaired) electrons. The van der Waals surface area contributed by atoms with Crippen molar-refractivity contribution < 1.29 is 0 Å². The zero-order valence-electron chi connectivity index (χ0n) is 7.26. The van der Waals surface area contributed by atoms with Gasteiger partial charge in [-0.2, -0.15) is 0 Å². The first-order valence-corrected chi connectivity index (χ1v) is 5.57. The third kappa shape index (κ3) is 4.48. The van der Waals surface area contributed by atoms with Crippen LogP contribution in [-0.4, -0.2) is 17.4 Å². The number of halogens is 2. The van der Waals surface area contributed by atoms with Crippen molar-refractivity contribution in [3.05, 3.63) is 22.8 Å². The Hall–Kier alpha value is -0.280. The highest BCUT2D eigenvalue weighted by atomic mass is 79.9. The van der Waals surface area contributed by atoms with E-state index >= 15 is 0 Å². The molecule has 1 rings (SSSR count). The number of rotatable bonds is 5. The number of pyridine rings is 1. The SMILES string of the molecule is ClCCCCNc1ccc(Br)cn1. The fourth-order valence-electron chi connectivity index (χ4n) is 0.916. The predicted molar refractivity (Wildman–Crippen MR) is 60.4 cm³/mol. The van der Waals surface area contributed by atoms with Gasteiger partial charge in [-0.25, -0.2) is 4.98 Å². The molecule has 0 aliphatic rings. The van der Waals surface area contributed by atoms with E-state index in [2.05, 4.69) is 26.2 Å². The highest BCUT2D eigenvalue weighted by Crippen LogP contribution is 2.10. The first-order chi connectivity index (χ1) is 6.33. The fourth-order valence-corrected chi connectivity index (χ4v) is 1.34. The van der Waals surface area contributed by atoms with Crippen molar-refractivity contribution >= 4 is 33.3 Å². The monoisotopic (exact) mass is 262 g/mol. The summed E-state index contributed by atoms with van der Waals surface area (Å²) in [7, 11) is 0. The van der Waals surface area contributed by atoms with Gasteiger partial charge in [0.1, 0.15) is 5.82 Å². The van der Waals surface area contributed by atoms with Crippen LogP contribution < -0.4 is 5.32 Å². The minimum atomic E-state index is 0.732. The molecule has 0 aliphatic heterocycles. The van der Waals surface area contributed by atoms with Gasteiger partial charge in [0, 0.05) is 23.1 Å². The number of nitrogens with one attached hydrogen (secondary N) is 1. The van der Waals surface area contributed by atoms with Crippen LogP contribution >= 0.6 is 27.5 Å². The van der Waals surface area contributed by atoms with Crippen LogP contribution in [0.15, 0.2) is 22.8 Å². The molecule has 4 heteroatoms. The molecule has 1 aromatic heterocycles. The Bertz CT molecular complexity index is 238. The van der Waals surface area contributed by atoms with Crippen molar-refractivity contribution in [2.24, 2.45) is 0 Å². The van der Waals surface area contributed by atoms with Crippen molar-refractivity contribution in [3.63, 3.8) is 0 Å². The summed E-state index contributed by atoms with van der Waals surface area (Å²) in [6.07, 6.45) is 3.91. The molecule has 0 atom stereocenters. The van der Waals surface area contributed by atoms with Crippen LogP contribution in [0.5, 0.6) is 0 Å². The highest BCUT2D eigenvalue weighted by molar-refractivity contribution is 9.10. The second-order valence-electron chi connectivity index (χ2n) is 2.68. The lowest BCUT2D eigenvalue weighted by atomic mass is 10.3. The Labute approximate surface area is 91.8 Å². The molecule has 2 nitrogen and oxygen atoms in total. The summed E-state index contributed by atoms with van der Waals surface area (Å²) < 4.78 is 0.999. The first-order valence-electron chi connectivity index (χ1n) is 4.24. The largest absolute Gasteiger partial charge is 0.370 e. The summed E-state index contributed by atoms with van der Waals surface area (Å²) in [5, 5.41) is 3.22. The van der Waals surface area contributed by atoms with Gasteiger partial charge >= 0.3 is 0 Å². The molecular weight excluding hydrogens is 251 g/mol. The van der Waals surface area contributed by atoms with E-state index in [9.17, 15) is 0 Å². The molecule has 1 N–H and O–H groups in total. The Kier molecular flexibility index (Phi) is 5.16. The minimum absolute atomic E-state index is 0.732. The van der Waals surface area contributed by atoms with Gasteiger partial charge in [0.15, 0.2) is 0 Å². The number of anilines is 1. The topological polar surface area (TPSA) is 24.9 Å². The quantitative estimate of drug-likeness (QED) is 0.651. The summed E-state index contributed by atoms with van der Waals surface area (Å²) in [6, 6.07) is 3.92. The van der Waals surface area contributed by atoms with Gasteiger partial charge in [-0.15, -0.1) is 11.6 Å². The summed E-state index contributed by atoms with van der Waals surface area (Å²) >= 11 is 8.89. The van der Waals surface area contributed by atoms with Gasteiger partial charge in [0.2, 0.25) is 0 Å². The van der Waals surface area contributed by atoms with E-state index in [1.165, 1.54) is 0 Å². The minimum Gasteiger partial charge on any atom is -0.370 e. The van der Waals surface area contributed by atoms with E-state index in [-0.39, 0.29) is 0 Å². The fraction of sp³-hybridized carbons (Fsp3) is 0.444.